The van der Waals surface area contributed by atoms with Crippen LogP contribution in [-0.2, 0) is 21.4 Å². The van der Waals surface area contributed by atoms with Crippen LogP contribution in [0.2, 0.25) is 0 Å². The summed E-state index contributed by atoms with van der Waals surface area (Å²) in [5, 5.41) is 5.70. The Hall–Kier alpha value is -2.97. The van der Waals surface area contributed by atoms with Crippen molar-refractivity contribution >= 4 is 21.8 Å². The van der Waals surface area contributed by atoms with Gasteiger partial charge in [-0.3, -0.25) is 9.59 Å². The molecule has 0 unspecified atom stereocenters. The van der Waals surface area contributed by atoms with Crippen molar-refractivity contribution in [1.29, 1.82) is 0 Å². The number of carbonyl (C=O) groups is 2. The number of sulfonamides is 1. The smallest absolute Gasteiger partial charge is 0.251 e. The zero-order valence-electron chi connectivity index (χ0n) is 17.5. The number of nitrogens with one attached hydrogen (secondary N) is 2. The zero-order chi connectivity index (χ0) is 22.5. The number of piperidine rings is 1. The number of carbonyl (C=O) groups excluding carboxylic acids is 2. The van der Waals surface area contributed by atoms with Gasteiger partial charge in [0, 0.05) is 30.7 Å². The third kappa shape index (κ3) is 5.59. The van der Waals surface area contributed by atoms with Crippen LogP contribution in [0.3, 0.4) is 0 Å². The van der Waals surface area contributed by atoms with Gasteiger partial charge in [-0.1, -0.05) is 36.9 Å². The van der Waals surface area contributed by atoms with Crippen molar-refractivity contribution in [1.82, 2.24) is 14.9 Å². The van der Waals surface area contributed by atoms with Gasteiger partial charge < -0.3 is 10.6 Å². The second-order valence-electron chi connectivity index (χ2n) is 7.85. The lowest BCUT2D eigenvalue weighted by Crippen LogP contribution is -2.53. The summed E-state index contributed by atoms with van der Waals surface area (Å²) in [6.07, 6.45) is 2.23. The highest BCUT2D eigenvalue weighted by atomic mass is 32.2. The topological polar surface area (TPSA) is 95.6 Å². The van der Waals surface area contributed by atoms with E-state index in [-0.39, 0.29) is 16.7 Å². The monoisotopic (exact) mass is 441 g/mol. The molecular weight excluding hydrogens is 414 g/mol. The molecule has 3 rings (SSSR count). The fourth-order valence-corrected chi connectivity index (χ4v) is 4.94. The maximum Gasteiger partial charge on any atom is 0.251 e. The van der Waals surface area contributed by atoms with Crippen molar-refractivity contribution < 1.29 is 18.0 Å². The Labute approximate surface area is 183 Å². The van der Waals surface area contributed by atoms with Crippen LogP contribution >= 0.6 is 0 Å². The van der Waals surface area contributed by atoms with E-state index in [2.05, 4.69) is 17.2 Å². The summed E-state index contributed by atoms with van der Waals surface area (Å²) in [6.45, 7) is 6.35. The van der Waals surface area contributed by atoms with E-state index in [0.717, 1.165) is 5.56 Å². The molecule has 1 heterocycles. The summed E-state index contributed by atoms with van der Waals surface area (Å²) in [7, 11) is -3.68. The van der Waals surface area contributed by atoms with Gasteiger partial charge in [0.2, 0.25) is 15.9 Å². The van der Waals surface area contributed by atoms with Crippen molar-refractivity contribution in [2.45, 2.75) is 36.7 Å². The van der Waals surface area contributed by atoms with Gasteiger partial charge in [-0.2, -0.15) is 4.31 Å². The second-order valence-corrected chi connectivity index (χ2v) is 9.79. The summed E-state index contributed by atoms with van der Waals surface area (Å²) in [4.78, 5) is 24.1. The largest absolute Gasteiger partial charge is 0.348 e. The molecule has 8 heteroatoms. The maximum absolute atomic E-state index is 13.0. The fourth-order valence-electron chi connectivity index (χ4n) is 3.50. The van der Waals surface area contributed by atoms with E-state index in [1.165, 1.54) is 34.6 Å². The number of amides is 2. The van der Waals surface area contributed by atoms with E-state index in [1.54, 1.807) is 0 Å². The molecule has 0 aromatic heterocycles. The van der Waals surface area contributed by atoms with Crippen LogP contribution in [0.1, 0.15) is 35.7 Å². The SMILES string of the molecule is C=CC(=O)NC1(C)CCN(S(=O)(=O)c2ccc(C(=O)NCc3ccccc3)cc2)CC1. The van der Waals surface area contributed by atoms with Crippen LogP contribution in [0.5, 0.6) is 0 Å². The second kappa shape index (κ2) is 9.45. The average molecular weight is 442 g/mol. The molecule has 0 saturated carbocycles. The molecule has 2 aromatic rings. The molecule has 2 amide bonds. The van der Waals surface area contributed by atoms with E-state index in [4.69, 9.17) is 0 Å². The van der Waals surface area contributed by atoms with E-state index < -0.39 is 15.6 Å². The number of benzene rings is 2. The first kappa shape index (κ1) is 22.7. The first-order chi connectivity index (χ1) is 14.7. The molecule has 2 N–H and O–H groups in total. The van der Waals surface area contributed by atoms with Crippen LogP contribution in [0.25, 0.3) is 0 Å². The fraction of sp³-hybridized carbons (Fsp3) is 0.304. The normalized spacial score (nSPS) is 16.3. The van der Waals surface area contributed by atoms with Crippen molar-refractivity contribution in [3.8, 4) is 0 Å². The van der Waals surface area contributed by atoms with Gasteiger partial charge in [-0.25, -0.2) is 8.42 Å². The van der Waals surface area contributed by atoms with Crippen molar-refractivity contribution in [2.24, 2.45) is 0 Å². The third-order valence-corrected chi connectivity index (χ3v) is 7.40. The molecule has 1 saturated heterocycles. The van der Waals surface area contributed by atoms with Gasteiger partial charge in [0.25, 0.3) is 5.91 Å². The molecule has 0 spiro atoms. The molecule has 1 fully saturated rings. The summed E-state index contributed by atoms with van der Waals surface area (Å²) >= 11 is 0. The lowest BCUT2D eigenvalue weighted by molar-refractivity contribution is -0.118. The highest BCUT2D eigenvalue weighted by molar-refractivity contribution is 7.89. The molecule has 1 aliphatic rings. The van der Waals surface area contributed by atoms with Gasteiger partial charge in [0.05, 0.1) is 4.90 Å². The summed E-state index contributed by atoms with van der Waals surface area (Å²) in [5.41, 5.74) is 0.919. The summed E-state index contributed by atoms with van der Waals surface area (Å²) in [5.74, 6) is -0.528. The Morgan fingerprint density at radius 1 is 1.06 bits per heavy atom. The van der Waals surface area contributed by atoms with Gasteiger partial charge in [0.15, 0.2) is 0 Å². The quantitative estimate of drug-likeness (QED) is 0.645. The van der Waals surface area contributed by atoms with E-state index in [0.29, 0.717) is 38.0 Å². The minimum atomic E-state index is -3.68. The Bertz CT molecular complexity index is 1040. The predicted molar refractivity (Wildman–Crippen MR) is 119 cm³/mol. The highest BCUT2D eigenvalue weighted by Gasteiger charge is 2.36. The lowest BCUT2D eigenvalue weighted by atomic mass is 9.90. The Kier molecular flexibility index (Phi) is 6.92. The first-order valence-corrected chi connectivity index (χ1v) is 11.5. The number of hydrogen-bond acceptors (Lipinski definition) is 4. The van der Waals surface area contributed by atoms with Crippen LogP contribution in [0, 0.1) is 0 Å². The van der Waals surface area contributed by atoms with E-state index in [9.17, 15) is 18.0 Å². The van der Waals surface area contributed by atoms with Crippen LogP contribution < -0.4 is 10.6 Å². The molecule has 1 aliphatic heterocycles. The molecule has 0 radical (unpaired) electrons. The Morgan fingerprint density at radius 3 is 2.26 bits per heavy atom. The van der Waals surface area contributed by atoms with Gasteiger partial charge in [-0.15, -0.1) is 0 Å². The van der Waals surface area contributed by atoms with Crippen LogP contribution in [-0.4, -0.2) is 43.2 Å². The van der Waals surface area contributed by atoms with Crippen molar-refractivity contribution in [3.63, 3.8) is 0 Å². The third-order valence-electron chi connectivity index (χ3n) is 5.49. The molecule has 0 atom stereocenters. The van der Waals surface area contributed by atoms with E-state index >= 15 is 0 Å². The van der Waals surface area contributed by atoms with Gasteiger partial charge in [0.1, 0.15) is 0 Å². The molecule has 164 valence electrons. The summed E-state index contributed by atoms with van der Waals surface area (Å²) in [6, 6.07) is 15.5. The lowest BCUT2D eigenvalue weighted by Gasteiger charge is -2.39. The number of rotatable bonds is 7. The minimum Gasteiger partial charge on any atom is -0.348 e. The molecule has 0 aliphatic carbocycles. The predicted octanol–water partition coefficient (Wildman–Crippen LogP) is 2.46. The molecular formula is C23H27N3O4S. The molecule has 7 nitrogen and oxygen atoms in total. The number of hydrogen-bond donors (Lipinski definition) is 2. The van der Waals surface area contributed by atoms with E-state index in [1.807, 2.05) is 37.3 Å². The molecule has 2 aromatic carbocycles. The first-order valence-electron chi connectivity index (χ1n) is 10.1. The minimum absolute atomic E-state index is 0.144. The van der Waals surface area contributed by atoms with Gasteiger partial charge >= 0.3 is 0 Å². The Balaban J connectivity index is 1.61. The summed E-state index contributed by atoms with van der Waals surface area (Å²) < 4.78 is 27.4. The number of nitrogens with zero attached hydrogens (tertiary/aromatic N) is 1. The maximum atomic E-state index is 13.0. The highest BCUT2D eigenvalue weighted by Crippen LogP contribution is 2.26. The molecule has 0 bridgehead atoms. The zero-order valence-corrected chi connectivity index (χ0v) is 18.3. The average Bonchev–Trinajstić information content (AvgIpc) is 2.78. The Morgan fingerprint density at radius 2 is 1.68 bits per heavy atom. The van der Waals surface area contributed by atoms with Crippen molar-refractivity contribution in [2.75, 3.05) is 13.1 Å². The van der Waals surface area contributed by atoms with Crippen LogP contribution in [0.15, 0.2) is 72.1 Å². The van der Waals surface area contributed by atoms with Crippen molar-refractivity contribution in [3.05, 3.63) is 78.4 Å². The molecule has 31 heavy (non-hydrogen) atoms. The van der Waals surface area contributed by atoms with Crippen LogP contribution in [0.4, 0.5) is 0 Å². The van der Waals surface area contributed by atoms with Gasteiger partial charge in [-0.05, 0) is 55.7 Å². The standard InChI is InChI=1S/C23H27N3O4S/c1-3-21(27)25-23(2)13-15-26(16-14-23)31(29,30)20-11-9-19(10-12-20)22(28)24-17-18-7-5-4-6-8-18/h3-12H,1,13-17H2,2H3,(H,24,28)(H,25,27).